The molecule has 106 valence electrons. The number of hydrogen-bond donors (Lipinski definition) is 0. The first-order valence-corrected chi connectivity index (χ1v) is 8.11. The smallest absolute Gasteiger partial charge is 0.00496 e. The van der Waals surface area contributed by atoms with E-state index < -0.39 is 0 Å². The quantitative estimate of drug-likeness (QED) is 0.657. The molecule has 0 bridgehead atoms. The molecule has 0 heteroatoms. The molecule has 2 aliphatic rings. The minimum Gasteiger partial charge on any atom is -0.0628 e. The van der Waals surface area contributed by atoms with Gasteiger partial charge in [-0.3, -0.25) is 0 Å². The molecule has 2 aliphatic carbocycles. The maximum Gasteiger partial charge on any atom is -0.00496 e. The Labute approximate surface area is 127 Å². The van der Waals surface area contributed by atoms with Gasteiger partial charge in [0.2, 0.25) is 0 Å². The zero-order valence-electron chi connectivity index (χ0n) is 12.8. The van der Waals surface area contributed by atoms with Gasteiger partial charge in [-0.1, -0.05) is 74.5 Å². The van der Waals surface area contributed by atoms with E-state index in [2.05, 4.69) is 74.5 Å². The second-order valence-electron chi connectivity index (χ2n) is 6.94. The molecule has 2 aromatic rings. The SMILES string of the molecule is CC(C)CC1C2c3ccccc3/C=C\c3ccccc3C12. The largest absolute Gasteiger partial charge is 0.0628 e. The Morgan fingerprint density at radius 1 is 0.762 bits per heavy atom. The van der Waals surface area contributed by atoms with Crippen molar-refractivity contribution in [2.45, 2.75) is 32.1 Å². The van der Waals surface area contributed by atoms with Crippen molar-refractivity contribution in [3.8, 4) is 0 Å². The standard InChI is InChI=1S/C21H22/c1-14(2)13-19-20-17-9-5-3-7-15(17)11-12-16-8-4-6-10-18(16)21(19)20/h3-12,14,19-21H,13H2,1-2H3/b12-11-. The average molecular weight is 274 g/mol. The van der Waals surface area contributed by atoms with Gasteiger partial charge in [0.05, 0.1) is 0 Å². The van der Waals surface area contributed by atoms with E-state index in [0.717, 1.165) is 23.7 Å². The van der Waals surface area contributed by atoms with E-state index >= 15 is 0 Å². The molecule has 0 aliphatic heterocycles. The van der Waals surface area contributed by atoms with Crippen molar-refractivity contribution in [2.75, 3.05) is 0 Å². The van der Waals surface area contributed by atoms with Crippen molar-refractivity contribution in [3.05, 3.63) is 70.8 Å². The molecule has 21 heavy (non-hydrogen) atoms. The lowest BCUT2D eigenvalue weighted by Crippen LogP contribution is -1.93. The van der Waals surface area contributed by atoms with Crippen LogP contribution >= 0.6 is 0 Å². The zero-order valence-corrected chi connectivity index (χ0v) is 12.8. The van der Waals surface area contributed by atoms with E-state index in [1.165, 1.54) is 17.5 Å². The monoisotopic (exact) mass is 274 g/mol. The number of hydrogen-bond acceptors (Lipinski definition) is 0. The van der Waals surface area contributed by atoms with Gasteiger partial charge in [-0.05, 0) is 52.3 Å². The molecule has 0 spiro atoms. The molecule has 0 amide bonds. The van der Waals surface area contributed by atoms with Crippen LogP contribution in [0.2, 0.25) is 0 Å². The van der Waals surface area contributed by atoms with Crippen LogP contribution in [-0.2, 0) is 0 Å². The Bertz CT molecular complexity index is 637. The van der Waals surface area contributed by atoms with E-state index in [1.807, 2.05) is 0 Å². The number of fused-ring (bicyclic) bond motifs is 5. The Morgan fingerprint density at radius 2 is 1.24 bits per heavy atom. The van der Waals surface area contributed by atoms with Crippen LogP contribution in [-0.4, -0.2) is 0 Å². The van der Waals surface area contributed by atoms with Crippen LogP contribution in [0.3, 0.4) is 0 Å². The summed E-state index contributed by atoms with van der Waals surface area (Å²) in [5.74, 6) is 3.02. The van der Waals surface area contributed by atoms with Gasteiger partial charge < -0.3 is 0 Å². The van der Waals surface area contributed by atoms with Crippen LogP contribution in [0, 0.1) is 11.8 Å². The molecule has 2 aromatic carbocycles. The Hall–Kier alpha value is -1.82. The highest BCUT2D eigenvalue weighted by Gasteiger charge is 2.52. The summed E-state index contributed by atoms with van der Waals surface area (Å²) in [7, 11) is 0. The summed E-state index contributed by atoms with van der Waals surface area (Å²) in [4.78, 5) is 0. The summed E-state index contributed by atoms with van der Waals surface area (Å²) in [6.07, 6.45) is 5.93. The molecule has 0 N–H and O–H groups in total. The molecule has 0 nitrogen and oxygen atoms in total. The predicted molar refractivity (Wildman–Crippen MR) is 90.2 cm³/mol. The van der Waals surface area contributed by atoms with Crippen LogP contribution in [0.25, 0.3) is 12.2 Å². The van der Waals surface area contributed by atoms with Crippen LogP contribution < -0.4 is 0 Å². The van der Waals surface area contributed by atoms with Gasteiger partial charge >= 0.3 is 0 Å². The molecule has 0 aromatic heterocycles. The Morgan fingerprint density at radius 3 is 1.71 bits per heavy atom. The van der Waals surface area contributed by atoms with Gasteiger partial charge in [0.15, 0.2) is 0 Å². The molecule has 1 saturated carbocycles. The summed E-state index contributed by atoms with van der Waals surface area (Å²) in [6, 6.07) is 17.9. The summed E-state index contributed by atoms with van der Waals surface area (Å²) in [6.45, 7) is 4.70. The molecular formula is C21H22. The first-order valence-electron chi connectivity index (χ1n) is 8.11. The second kappa shape index (κ2) is 4.87. The maximum absolute atomic E-state index is 2.35. The van der Waals surface area contributed by atoms with Crippen molar-refractivity contribution >= 4 is 12.2 Å². The van der Waals surface area contributed by atoms with E-state index in [9.17, 15) is 0 Å². The third-order valence-corrected chi connectivity index (χ3v) is 5.06. The summed E-state index contributed by atoms with van der Waals surface area (Å²) >= 11 is 0. The normalized spacial score (nSPS) is 27.1. The highest BCUT2D eigenvalue weighted by atomic mass is 14.6. The van der Waals surface area contributed by atoms with Crippen LogP contribution in [0.15, 0.2) is 48.5 Å². The van der Waals surface area contributed by atoms with Gasteiger partial charge in [0, 0.05) is 0 Å². The van der Waals surface area contributed by atoms with E-state index in [4.69, 9.17) is 0 Å². The summed E-state index contributed by atoms with van der Waals surface area (Å²) < 4.78 is 0. The van der Waals surface area contributed by atoms with Crippen LogP contribution in [0.4, 0.5) is 0 Å². The second-order valence-corrected chi connectivity index (χ2v) is 6.94. The highest BCUT2D eigenvalue weighted by Crippen LogP contribution is 2.64. The van der Waals surface area contributed by atoms with Gasteiger partial charge in [-0.2, -0.15) is 0 Å². The molecule has 4 rings (SSSR count). The zero-order chi connectivity index (χ0) is 14.4. The Kier molecular flexibility index (Phi) is 2.99. The molecule has 2 atom stereocenters. The minimum absolute atomic E-state index is 0.717. The van der Waals surface area contributed by atoms with Crippen molar-refractivity contribution in [2.24, 2.45) is 11.8 Å². The minimum atomic E-state index is 0.717. The Balaban J connectivity index is 1.85. The topological polar surface area (TPSA) is 0 Å². The van der Waals surface area contributed by atoms with Gasteiger partial charge in [-0.15, -0.1) is 0 Å². The van der Waals surface area contributed by atoms with E-state index in [1.54, 1.807) is 11.1 Å². The van der Waals surface area contributed by atoms with Gasteiger partial charge in [0.1, 0.15) is 0 Å². The van der Waals surface area contributed by atoms with Crippen molar-refractivity contribution < 1.29 is 0 Å². The fourth-order valence-electron chi connectivity index (χ4n) is 4.17. The van der Waals surface area contributed by atoms with Crippen LogP contribution in [0.5, 0.6) is 0 Å². The molecule has 1 fully saturated rings. The summed E-state index contributed by atoms with van der Waals surface area (Å²) in [5.41, 5.74) is 5.93. The first-order chi connectivity index (χ1) is 10.3. The fourth-order valence-corrected chi connectivity index (χ4v) is 4.17. The van der Waals surface area contributed by atoms with Crippen molar-refractivity contribution in [3.63, 3.8) is 0 Å². The molecular weight excluding hydrogens is 252 g/mol. The molecule has 2 unspecified atom stereocenters. The van der Waals surface area contributed by atoms with Gasteiger partial charge in [-0.25, -0.2) is 0 Å². The van der Waals surface area contributed by atoms with E-state index in [0.29, 0.717) is 0 Å². The lowest BCUT2D eigenvalue weighted by atomic mass is 9.93. The first kappa shape index (κ1) is 12.9. The van der Waals surface area contributed by atoms with Crippen molar-refractivity contribution in [1.82, 2.24) is 0 Å². The summed E-state index contributed by atoms with van der Waals surface area (Å²) in [5, 5.41) is 0. The number of rotatable bonds is 2. The molecule has 0 radical (unpaired) electrons. The fraction of sp³-hybridized carbons (Fsp3) is 0.333. The lowest BCUT2D eigenvalue weighted by molar-refractivity contribution is 0.525. The predicted octanol–water partition coefficient (Wildman–Crippen LogP) is 5.71. The maximum atomic E-state index is 2.35. The van der Waals surface area contributed by atoms with Crippen molar-refractivity contribution in [1.29, 1.82) is 0 Å². The van der Waals surface area contributed by atoms with E-state index in [-0.39, 0.29) is 0 Å². The lowest BCUT2D eigenvalue weighted by Gasteiger charge is -2.11. The van der Waals surface area contributed by atoms with Gasteiger partial charge in [0.25, 0.3) is 0 Å². The van der Waals surface area contributed by atoms with Crippen LogP contribution in [0.1, 0.15) is 54.4 Å². The molecule has 0 heterocycles. The third kappa shape index (κ3) is 2.14. The average Bonchev–Trinajstić information content (AvgIpc) is 3.15. The third-order valence-electron chi connectivity index (χ3n) is 5.06. The number of benzene rings is 2. The molecule has 0 saturated heterocycles. The highest BCUT2D eigenvalue weighted by molar-refractivity contribution is 5.76.